The summed E-state index contributed by atoms with van der Waals surface area (Å²) in [6.07, 6.45) is 1.40. The van der Waals surface area contributed by atoms with E-state index in [1.165, 1.54) is 13.3 Å². The number of primary amides is 1. The molecule has 3 N–H and O–H groups in total. The van der Waals surface area contributed by atoms with E-state index in [1.54, 1.807) is 18.2 Å². The minimum atomic E-state index is -0.743. The first-order valence-electron chi connectivity index (χ1n) is 4.93. The molecule has 0 spiro atoms. The Morgan fingerprint density at radius 3 is 3.00 bits per heavy atom. The van der Waals surface area contributed by atoms with E-state index in [0.29, 0.717) is 17.1 Å². The van der Waals surface area contributed by atoms with Crippen LogP contribution in [0.2, 0.25) is 0 Å². The van der Waals surface area contributed by atoms with Crippen LogP contribution in [0.3, 0.4) is 0 Å². The molecule has 0 aliphatic heterocycles. The number of hydrogen-bond donors (Lipinski definition) is 2. The van der Waals surface area contributed by atoms with Crippen LogP contribution in [0.5, 0.6) is 11.5 Å². The van der Waals surface area contributed by atoms with Crippen LogP contribution in [0.1, 0.15) is 5.56 Å². The second-order valence-corrected chi connectivity index (χ2v) is 3.09. The van der Waals surface area contributed by atoms with Crippen LogP contribution in [0.25, 0.3) is 0 Å². The predicted octanol–water partition coefficient (Wildman–Crippen LogP) is 0.600. The van der Waals surface area contributed by atoms with E-state index >= 15 is 0 Å². The number of nitrogens with one attached hydrogen (secondary N) is 1. The molecule has 0 bridgehead atoms. The molecule has 0 aromatic heterocycles. The summed E-state index contributed by atoms with van der Waals surface area (Å²) < 4.78 is 10.3. The normalized spacial score (nSPS) is 9.78. The number of carbonyl (C=O) groups is 1. The Morgan fingerprint density at radius 1 is 1.61 bits per heavy atom. The molecule has 1 aromatic carbocycles. The van der Waals surface area contributed by atoms with Gasteiger partial charge in [-0.05, 0) is 23.8 Å². The first kappa shape index (κ1) is 13.3. The minimum Gasteiger partial charge on any atom is -0.493 e. The fraction of sp³-hybridized carbons (Fsp3) is 0.182. The van der Waals surface area contributed by atoms with Gasteiger partial charge in [-0.3, -0.25) is 0 Å². The van der Waals surface area contributed by atoms with Crippen LogP contribution in [0.4, 0.5) is 4.79 Å². The van der Waals surface area contributed by atoms with Gasteiger partial charge in [-0.1, -0.05) is 0 Å². The molecule has 0 unspecified atom stereocenters. The average Bonchev–Trinajstić information content (AvgIpc) is 2.36. The molecule has 2 amide bonds. The number of ether oxygens (including phenoxy) is 2. The number of nitriles is 1. The monoisotopic (exact) mass is 248 g/mol. The maximum absolute atomic E-state index is 10.4. The van der Waals surface area contributed by atoms with E-state index in [0.717, 1.165) is 0 Å². The summed E-state index contributed by atoms with van der Waals surface area (Å²) in [5.41, 5.74) is 7.61. The van der Waals surface area contributed by atoms with Crippen LogP contribution < -0.4 is 20.6 Å². The molecule has 94 valence electrons. The van der Waals surface area contributed by atoms with Crippen molar-refractivity contribution in [1.29, 1.82) is 5.26 Å². The van der Waals surface area contributed by atoms with Gasteiger partial charge in [0.05, 0.1) is 13.3 Å². The van der Waals surface area contributed by atoms with Crippen molar-refractivity contribution in [2.45, 2.75) is 0 Å². The van der Waals surface area contributed by atoms with Crippen molar-refractivity contribution < 1.29 is 14.3 Å². The molecule has 1 aromatic rings. The zero-order valence-electron chi connectivity index (χ0n) is 9.71. The number of hydrazone groups is 1. The Labute approximate surface area is 104 Å². The Hall–Kier alpha value is -2.75. The predicted molar refractivity (Wildman–Crippen MR) is 64.4 cm³/mol. The maximum atomic E-state index is 10.4. The largest absolute Gasteiger partial charge is 0.493 e. The molecule has 0 aliphatic rings. The molecule has 0 saturated carbocycles. The number of carbonyl (C=O) groups excluding carboxylic acids is 1. The smallest absolute Gasteiger partial charge is 0.332 e. The number of amides is 2. The van der Waals surface area contributed by atoms with E-state index in [-0.39, 0.29) is 6.61 Å². The Kier molecular flexibility index (Phi) is 4.99. The molecule has 0 heterocycles. The van der Waals surface area contributed by atoms with E-state index in [9.17, 15) is 4.79 Å². The zero-order chi connectivity index (χ0) is 13.4. The molecular formula is C11H12N4O3. The number of nitrogens with zero attached hydrogens (tertiary/aromatic N) is 2. The summed E-state index contributed by atoms with van der Waals surface area (Å²) in [7, 11) is 1.48. The Balaban J connectivity index is 2.81. The highest BCUT2D eigenvalue weighted by atomic mass is 16.5. The van der Waals surface area contributed by atoms with Crippen molar-refractivity contribution in [2.75, 3.05) is 13.7 Å². The fourth-order valence-electron chi connectivity index (χ4n) is 1.16. The SMILES string of the molecule is COc1cc(/C=N\NC(N)=O)ccc1OCC#N. The van der Waals surface area contributed by atoms with Crippen molar-refractivity contribution in [3.8, 4) is 17.6 Å². The number of benzene rings is 1. The number of hydrogen-bond acceptors (Lipinski definition) is 5. The minimum absolute atomic E-state index is 0.0625. The lowest BCUT2D eigenvalue weighted by atomic mass is 10.2. The van der Waals surface area contributed by atoms with Crippen LogP contribution in [0, 0.1) is 11.3 Å². The van der Waals surface area contributed by atoms with Crippen LogP contribution >= 0.6 is 0 Å². The van der Waals surface area contributed by atoms with E-state index in [4.69, 9.17) is 20.5 Å². The average molecular weight is 248 g/mol. The van der Waals surface area contributed by atoms with Crippen molar-refractivity contribution in [3.63, 3.8) is 0 Å². The van der Waals surface area contributed by atoms with Crippen LogP contribution in [-0.2, 0) is 0 Å². The lowest BCUT2D eigenvalue weighted by Gasteiger charge is -2.08. The summed E-state index contributed by atoms with van der Waals surface area (Å²) in [5, 5.41) is 12.0. The van der Waals surface area contributed by atoms with Gasteiger partial charge in [0.15, 0.2) is 18.1 Å². The van der Waals surface area contributed by atoms with Gasteiger partial charge in [0.1, 0.15) is 6.07 Å². The summed E-state index contributed by atoms with van der Waals surface area (Å²) in [6.45, 7) is -0.0625. The molecule has 18 heavy (non-hydrogen) atoms. The molecule has 0 radical (unpaired) electrons. The van der Waals surface area contributed by atoms with Crippen LogP contribution in [-0.4, -0.2) is 26.0 Å². The molecule has 0 fully saturated rings. The van der Waals surface area contributed by atoms with Gasteiger partial charge in [-0.25, -0.2) is 10.2 Å². The highest BCUT2D eigenvalue weighted by Crippen LogP contribution is 2.27. The highest BCUT2D eigenvalue weighted by molar-refractivity contribution is 5.82. The third-order valence-corrected chi connectivity index (χ3v) is 1.87. The molecule has 0 atom stereocenters. The molecule has 1 rings (SSSR count). The summed E-state index contributed by atoms with van der Waals surface area (Å²) >= 11 is 0. The Bertz CT molecular complexity index is 494. The van der Waals surface area contributed by atoms with E-state index < -0.39 is 6.03 Å². The van der Waals surface area contributed by atoms with Gasteiger partial charge in [0.25, 0.3) is 0 Å². The Morgan fingerprint density at radius 2 is 2.39 bits per heavy atom. The van der Waals surface area contributed by atoms with E-state index in [1.807, 2.05) is 6.07 Å². The highest BCUT2D eigenvalue weighted by Gasteiger charge is 2.04. The van der Waals surface area contributed by atoms with E-state index in [2.05, 4.69) is 10.5 Å². The van der Waals surface area contributed by atoms with Gasteiger partial charge < -0.3 is 15.2 Å². The van der Waals surface area contributed by atoms with Gasteiger partial charge in [-0.15, -0.1) is 0 Å². The van der Waals surface area contributed by atoms with Gasteiger partial charge in [0, 0.05) is 0 Å². The lowest BCUT2D eigenvalue weighted by Crippen LogP contribution is -2.24. The lowest BCUT2D eigenvalue weighted by molar-refractivity contribution is 0.249. The molecular weight excluding hydrogens is 236 g/mol. The van der Waals surface area contributed by atoms with Gasteiger partial charge in [0.2, 0.25) is 0 Å². The number of rotatable bonds is 5. The fourth-order valence-corrected chi connectivity index (χ4v) is 1.16. The van der Waals surface area contributed by atoms with Crippen LogP contribution in [0.15, 0.2) is 23.3 Å². The maximum Gasteiger partial charge on any atom is 0.332 e. The van der Waals surface area contributed by atoms with Crippen molar-refractivity contribution in [1.82, 2.24) is 5.43 Å². The first-order chi connectivity index (χ1) is 8.67. The topological polar surface area (TPSA) is 110 Å². The molecule has 7 heteroatoms. The quantitative estimate of drug-likeness (QED) is 0.587. The number of urea groups is 1. The van der Waals surface area contributed by atoms with Gasteiger partial charge in [-0.2, -0.15) is 10.4 Å². The van der Waals surface area contributed by atoms with Crippen molar-refractivity contribution in [2.24, 2.45) is 10.8 Å². The summed E-state index contributed by atoms with van der Waals surface area (Å²) in [5.74, 6) is 0.923. The van der Waals surface area contributed by atoms with Crippen molar-refractivity contribution in [3.05, 3.63) is 23.8 Å². The second kappa shape index (κ2) is 6.75. The third-order valence-electron chi connectivity index (χ3n) is 1.87. The summed E-state index contributed by atoms with van der Waals surface area (Å²) in [4.78, 5) is 10.4. The standard InChI is InChI=1S/C11H12N4O3/c1-17-10-6-8(7-14-15-11(13)16)2-3-9(10)18-5-4-12/h2-3,6-7H,5H2,1H3,(H3,13,15,16)/b14-7-. The number of nitrogens with two attached hydrogens (primary N) is 1. The summed E-state index contributed by atoms with van der Waals surface area (Å²) in [6, 6.07) is 6.11. The zero-order valence-corrected chi connectivity index (χ0v) is 9.71. The molecule has 0 saturated heterocycles. The van der Waals surface area contributed by atoms with Gasteiger partial charge >= 0.3 is 6.03 Å². The molecule has 7 nitrogen and oxygen atoms in total. The number of methoxy groups -OCH3 is 1. The third kappa shape index (κ3) is 4.02. The second-order valence-electron chi connectivity index (χ2n) is 3.09. The molecule has 0 aliphatic carbocycles. The first-order valence-corrected chi connectivity index (χ1v) is 4.93. The van der Waals surface area contributed by atoms with Crippen molar-refractivity contribution >= 4 is 12.2 Å².